The molecule has 342 valence electrons. The van der Waals surface area contributed by atoms with Crippen LogP contribution in [0.5, 0.6) is 0 Å². The van der Waals surface area contributed by atoms with E-state index in [0.717, 1.165) is 44.3 Å². The second-order valence-electron chi connectivity index (χ2n) is 17.4. The molecule has 2 atom stereocenters. The first-order chi connectivity index (χ1) is 32.0. The number of benzene rings is 2. The fourth-order valence-electron chi connectivity index (χ4n) is 10.1. The fraction of sp³-hybridized carbons (Fsp3) is 0.308. The third-order valence-corrected chi connectivity index (χ3v) is 27.2. The van der Waals surface area contributed by atoms with Gasteiger partial charge in [-0.1, -0.05) is 127 Å². The molecule has 2 unspecified atom stereocenters. The molecule has 4 nitrogen and oxygen atoms in total. The number of hydrogen-bond donors (Lipinski definition) is 0. The first kappa shape index (κ1) is 49.8. The molecule has 9 heterocycles. The van der Waals surface area contributed by atoms with Gasteiger partial charge in [0.2, 0.25) is 0 Å². The second-order valence-corrected chi connectivity index (χ2v) is 28.7. The maximum atomic E-state index is 5.01. The summed E-state index contributed by atoms with van der Waals surface area (Å²) in [7, 11) is -2.31. The van der Waals surface area contributed by atoms with E-state index in [1.807, 2.05) is 45.3 Å². The van der Waals surface area contributed by atoms with Crippen LogP contribution in [0.3, 0.4) is 0 Å². The van der Waals surface area contributed by atoms with E-state index in [-0.39, 0.29) is 42.1 Å². The molecule has 0 amide bonds. The zero-order valence-corrected chi connectivity index (χ0v) is 51.1. The molecular formula is C52H48N4S8SiW2-2. The van der Waals surface area contributed by atoms with Gasteiger partial charge in [0, 0.05) is 93.5 Å². The van der Waals surface area contributed by atoms with Crippen LogP contribution in [0.2, 0.25) is 12.1 Å². The van der Waals surface area contributed by atoms with Gasteiger partial charge < -0.3 is 0 Å². The molecule has 0 N–H and O–H groups in total. The normalized spacial score (nSPS) is 13.7. The van der Waals surface area contributed by atoms with Gasteiger partial charge in [-0.2, -0.15) is 31.4 Å². The summed E-state index contributed by atoms with van der Waals surface area (Å²) < 4.78 is 19.9. The monoisotopic (exact) mass is 1380 g/mol. The Bertz CT molecular complexity index is 3010. The predicted octanol–water partition coefficient (Wildman–Crippen LogP) is 17.6. The molecule has 0 saturated carbocycles. The summed E-state index contributed by atoms with van der Waals surface area (Å²) in [5.74, 6) is 1.40. The zero-order chi connectivity index (χ0) is 44.1. The molecular weight excluding hydrogens is 1330 g/mol. The summed E-state index contributed by atoms with van der Waals surface area (Å²) in [6.07, 6.45) is 10.2. The molecule has 67 heavy (non-hydrogen) atoms. The molecule has 1 aliphatic rings. The summed E-state index contributed by atoms with van der Waals surface area (Å²) in [4.78, 5) is 13.2. The fourth-order valence-corrected chi connectivity index (χ4v) is 25.3. The van der Waals surface area contributed by atoms with Crippen LogP contribution >= 0.6 is 91.5 Å². The standard InChI is InChI=1S/C52H48N4S8Si.2W/c1-5-9-13-31(7-3)29-65(30-32(8-4)14-10-6-2)45-27-43(35-19-17-33(47-49(35)55-63-53-47)37-21-23-41(59-37)39-15-11-25-57-39)61-51(45)52-46(65)28-44(62-52)36-20-18-34(48-50(36)56-64-54-48)38-22-24-42(60-38)40-16-12-26-58-40;;/h11-12,15-18,21-28,31-32H,5-10,13-14,29-30H2,1-4H3;;/q-2;;. The van der Waals surface area contributed by atoms with E-state index < -0.39 is 8.07 Å². The van der Waals surface area contributed by atoms with E-state index in [2.05, 4.69) is 123 Å². The van der Waals surface area contributed by atoms with Gasteiger partial charge in [0.15, 0.2) is 0 Å². The zero-order valence-electron chi connectivity index (χ0n) is 37.7. The van der Waals surface area contributed by atoms with Gasteiger partial charge in [-0.25, -0.2) is 8.75 Å². The minimum absolute atomic E-state index is 0. The Morgan fingerprint density at radius 3 is 1.34 bits per heavy atom. The third-order valence-electron chi connectivity index (χ3n) is 13.5. The molecule has 0 spiro atoms. The Balaban J connectivity index is 0.00000281. The Hall–Kier alpha value is -2.13. The largest absolute Gasteiger partial charge is 0.224 e. The maximum Gasteiger partial charge on any atom is 0.120 e. The van der Waals surface area contributed by atoms with Crippen molar-refractivity contribution in [2.24, 2.45) is 11.8 Å². The van der Waals surface area contributed by atoms with Gasteiger partial charge in [0.1, 0.15) is 8.07 Å². The van der Waals surface area contributed by atoms with Crippen LogP contribution in [0, 0.1) is 24.0 Å². The maximum absolute atomic E-state index is 5.01. The van der Waals surface area contributed by atoms with Gasteiger partial charge in [0.25, 0.3) is 0 Å². The van der Waals surface area contributed by atoms with E-state index >= 15 is 0 Å². The van der Waals surface area contributed by atoms with E-state index in [1.165, 1.54) is 136 Å². The second kappa shape index (κ2) is 21.7. The molecule has 1 aliphatic heterocycles. The number of rotatable bonds is 18. The van der Waals surface area contributed by atoms with Crippen LogP contribution < -0.4 is 10.4 Å². The Morgan fingerprint density at radius 1 is 0.507 bits per heavy atom. The van der Waals surface area contributed by atoms with Crippen molar-refractivity contribution in [1.82, 2.24) is 17.5 Å². The smallest absolute Gasteiger partial charge is 0.120 e. The van der Waals surface area contributed by atoms with Crippen LogP contribution in [0.4, 0.5) is 0 Å². The minimum Gasteiger partial charge on any atom is -0.224 e. The molecule has 2 aromatic carbocycles. The van der Waals surface area contributed by atoms with Crippen molar-refractivity contribution in [2.45, 2.75) is 91.1 Å². The van der Waals surface area contributed by atoms with Crippen molar-refractivity contribution < 1.29 is 42.1 Å². The molecule has 0 bridgehead atoms. The van der Waals surface area contributed by atoms with Crippen LogP contribution in [-0.4, -0.2) is 25.6 Å². The number of hydrogen-bond acceptors (Lipinski definition) is 12. The third kappa shape index (κ3) is 9.33. The first-order valence-corrected chi connectivity index (χ1v) is 31.8. The van der Waals surface area contributed by atoms with Crippen LogP contribution in [0.15, 0.2) is 83.6 Å². The molecule has 11 rings (SSSR count). The number of thiophene rings is 6. The van der Waals surface area contributed by atoms with Crippen LogP contribution in [0.1, 0.15) is 79.1 Å². The average Bonchev–Trinajstić information content (AvgIpc) is 4.16. The van der Waals surface area contributed by atoms with Crippen molar-refractivity contribution in [3.8, 4) is 71.0 Å². The SMILES string of the molecule is CCCCC(CC)C[Si]1(CC(CC)CCCC)c2cc(-c3[c-]cc(-c4ccc(-c5cccs5)s4)c4nsnc34)sc2-c2sc(-c3[c-]cc(-c4ccc(-c5cccs5)s4)c4nsnc34)cc21.[W].[W]. The van der Waals surface area contributed by atoms with Crippen molar-refractivity contribution in [2.75, 3.05) is 0 Å². The number of aromatic nitrogens is 4. The average molecular weight is 1380 g/mol. The van der Waals surface area contributed by atoms with Crippen molar-refractivity contribution in [3.63, 3.8) is 0 Å². The number of fused-ring (bicyclic) bond motifs is 5. The van der Waals surface area contributed by atoms with E-state index in [9.17, 15) is 0 Å². The summed E-state index contributed by atoms with van der Waals surface area (Å²) in [5, 5.41) is 7.64. The molecule has 0 saturated heterocycles. The quantitative estimate of drug-likeness (QED) is 0.0635. The van der Waals surface area contributed by atoms with Gasteiger partial charge in [-0.05, 0) is 88.8 Å². The molecule has 0 radical (unpaired) electrons. The summed E-state index contributed by atoms with van der Waals surface area (Å²) in [6.45, 7) is 9.61. The molecule has 15 heteroatoms. The van der Waals surface area contributed by atoms with E-state index in [1.54, 1.807) is 33.0 Å². The first-order valence-electron chi connectivity index (χ1n) is 22.9. The van der Waals surface area contributed by atoms with Crippen molar-refractivity contribution >= 4 is 132 Å². The minimum atomic E-state index is -2.31. The van der Waals surface area contributed by atoms with Crippen molar-refractivity contribution in [1.29, 1.82) is 0 Å². The predicted molar refractivity (Wildman–Crippen MR) is 293 cm³/mol. The summed E-state index contributed by atoms with van der Waals surface area (Å²) in [6, 6.07) is 37.6. The van der Waals surface area contributed by atoms with Crippen LogP contribution in [0.25, 0.3) is 93.1 Å². The van der Waals surface area contributed by atoms with E-state index in [0.29, 0.717) is 11.8 Å². The number of nitrogens with zero attached hydrogens (tertiary/aromatic N) is 4. The topological polar surface area (TPSA) is 51.6 Å². The molecule has 0 fully saturated rings. The molecule has 10 aromatic rings. The number of unbranched alkanes of at least 4 members (excludes halogenated alkanes) is 2. The van der Waals surface area contributed by atoms with Crippen molar-refractivity contribution in [3.05, 3.63) is 95.7 Å². The van der Waals surface area contributed by atoms with Crippen LogP contribution in [-0.2, 0) is 42.1 Å². The Morgan fingerprint density at radius 2 is 0.940 bits per heavy atom. The summed E-state index contributed by atoms with van der Waals surface area (Å²) in [5.41, 5.74) is 8.36. The molecule has 8 aromatic heterocycles. The van der Waals surface area contributed by atoms with Gasteiger partial charge in [-0.15, -0.1) is 80.7 Å². The Kier molecular flexibility index (Phi) is 16.1. The molecule has 0 aliphatic carbocycles. The summed E-state index contributed by atoms with van der Waals surface area (Å²) >= 11 is 13.9. The van der Waals surface area contributed by atoms with Gasteiger partial charge >= 0.3 is 0 Å². The van der Waals surface area contributed by atoms with E-state index in [4.69, 9.17) is 17.5 Å². The Labute approximate surface area is 456 Å². The van der Waals surface area contributed by atoms with Gasteiger partial charge in [0.05, 0.1) is 23.5 Å². The van der Waals surface area contributed by atoms with Gasteiger partial charge in [-0.3, -0.25) is 0 Å².